The Morgan fingerprint density at radius 1 is 1.16 bits per heavy atom. The van der Waals surface area contributed by atoms with Gasteiger partial charge in [0.05, 0.1) is 34.9 Å². The molecule has 0 bridgehead atoms. The van der Waals surface area contributed by atoms with Crippen LogP contribution in [0, 0.1) is 0 Å². The number of nitrogens with one attached hydrogen (secondary N) is 2. The zero-order valence-corrected chi connectivity index (χ0v) is 21.0. The topological polar surface area (TPSA) is 108 Å². The number of rotatable bonds is 8. The number of nitrogens with two attached hydrogens (primary N) is 1. The molecular formula is C24H28F6N4O3S. The first-order chi connectivity index (χ1) is 17.6. The predicted octanol–water partition coefficient (Wildman–Crippen LogP) is 3.60. The Kier molecular flexibility index (Phi) is 9.09. The normalized spacial score (nSPS) is 23.2. The van der Waals surface area contributed by atoms with Crippen LogP contribution in [-0.2, 0) is 17.1 Å². The van der Waals surface area contributed by atoms with E-state index < -0.39 is 53.0 Å². The smallest absolute Gasteiger partial charge is 0.404 e. The summed E-state index contributed by atoms with van der Waals surface area (Å²) in [6.07, 6.45) is -6.14. The first-order valence-corrected chi connectivity index (χ1v) is 12.6. The highest BCUT2D eigenvalue weighted by atomic mass is 32.2. The third-order valence-electron chi connectivity index (χ3n) is 6.69. The average Bonchev–Trinajstić information content (AvgIpc) is 2.82. The van der Waals surface area contributed by atoms with E-state index in [0.717, 1.165) is 12.8 Å². The Morgan fingerprint density at radius 3 is 2.34 bits per heavy atom. The van der Waals surface area contributed by atoms with Crippen molar-refractivity contribution in [2.24, 2.45) is 5.73 Å². The van der Waals surface area contributed by atoms with E-state index in [1.807, 2.05) is 5.32 Å². The number of thioether (sulfide) groups is 1. The number of hydrogen-bond donors (Lipinski definition) is 4. The molecule has 0 aromatic heterocycles. The van der Waals surface area contributed by atoms with Crippen LogP contribution in [0.5, 0.6) is 0 Å². The summed E-state index contributed by atoms with van der Waals surface area (Å²) in [6.45, 7) is 4.26. The largest absolute Gasteiger partial charge is 0.417 e. The number of alkyl halides is 6. The monoisotopic (exact) mass is 566 g/mol. The van der Waals surface area contributed by atoms with Gasteiger partial charge in [0.25, 0.3) is 5.91 Å². The first kappa shape index (κ1) is 29.8. The number of amides is 2. The van der Waals surface area contributed by atoms with Crippen molar-refractivity contribution >= 4 is 23.6 Å². The molecule has 0 radical (unpaired) electrons. The molecule has 2 aliphatic rings. The Bertz CT molecular complexity index is 1080. The molecule has 1 saturated heterocycles. The standard InChI is InChI=1S/C24H28F6N4O3S/c1-14(38-9-8-31)22(37)6-4-17(5-7-22)34-12-16(13-34)33-20(35)11-32-21(36)18-10-15(23(25,26)27)2-3-19(18)24(28,29)30/h2-3,8-10,16-17,37H,1,4-7,11-13,31H2,(H,32,36)(H,33,35)/b9-8-. The van der Waals surface area contributed by atoms with E-state index in [2.05, 4.69) is 16.8 Å². The van der Waals surface area contributed by atoms with Crippen LogP contribution in [0.2, 0.25) is 0 Å². The molecule has 5 N–H and O–H groups in total. The highest BCUT2D eigenvalue weighted by Crippen LogP contribution is 2.41. The summed E-state index contributed by atoms with van der Waals surface area (Å²) in [5, 5.41) is 17.1. The number of carbonyl (C=O) groups is 2. The number of likely N-dealkylation sites (tertiary alicyclic amines) is 1. The average molecular weight is 567 g/mol. The van der Waals surface area contributed by atoms with E-state index in [1.165, 1.54) is 18.0 Å². The van der Waals surface area contributed by atoms with Crippen molar-refractivity contribution in [2.75, 3.05) is 19.6 Å². The molecule has 1 aliphatic heterocycles. The van der Waals surface area contributed by atoms with Crippen LogP contribution in [0.15, 0.2) is 41.3 Å². The quantitative estimate of drug-likeness (QED) is 0.359. The molecule has 210 valence electrons. The van der Waals surface area contributed by atoms with Gasteiger partial charge < -0.3 is 21.5 Å². The minimum atomic E-state index is -5.06. The molecule has 7 nitrogen and oxygen atoms in total. The Labute approximate surface area is 219 Å². The van der Waals surface area contributed by atoms with Crippen LogP contribution >= 0.6 is 11.8 Å². The van der Waals surface area contributed by atoms with Gasteiger partial charge in [-0.3, -0.25) is 14.5 Å². The van der Waals surface area contributed by atoms with Gasteiger partial charge in [0, 0.05) is 30.2 Å². The highest BCUT2D eigenvalue weighted by molar-refractivity contribution is 8.05. The fourth-order valence-electron chi connectivity index (χ4n) is 4.55. The van der Waals surface area contributed by atoms with Crippen molar-refractivity contribution in [2.45, 2.75) is 55.7 Å². The maximum Gasteiger partial charge on any atom is 0.417 e. The number of benzene rings is 1. The van der Waals surface area contributed by atoms with Crippen molar-refractivity contribution < 1.29 is 41.0 Å². The number of halogens is 6. The van der Waals surface area contributed by atoms with Crippen molar-refractivity contribution in [3.63, 3.8) is 0 Å². The van der Waals surface area contributed by atoms with E-state index in [0.29, 0.717) is 30.8 Å². The predicted molar refractivity (Wildman–Crippen MR) is 130 cm³/mol. The molecule has 1 aliphatic carbocycles. The van der Waals surface area contributed by atoms with Crippen LogP contribution < -0.4 is 16.4 Å². The number of hydrogen-bond acceptors (Lipinski definition) is 6. The lowest BCUT2D eigenvalue weighted by Crippen LogP contribution is -2.63. The van der Waals surface area contributed by atoms with E-state index in [4.69, 9.17) is 5.73 Å². The zero-order chi connectivity index (χ0) is 28.3. The minimum absolute atomic E-state index is 0.119. The van der Waals surface area contributed by atoms with Crippen LogP contribution in [-0.4, -0.2) is 59.1 Å². The molecule has 1 heterocycles. The summed E-state index contributed by atoms with van der Waals surface area (Å²) in [5.74, 6) is -2.12. The van der Waals surface area contributed by atoms with Crippen molar-refractivity contribution in [1.29, 1.82) is 0 Å². The Balaban J connectivity index is 1.47. The SMILES string of the molecule is C=C(S/C=C\N)C1(O)CCC(N2CC(NC(=O)CNC(=O)c3cc(C(F)(F)F)ccc3C(F)(F)F)C2)CC1. The fraction of sp³-hybridized carbons (Fsp3) is 0.500. The van der Waals surface area contributed by atoms with Gasteiger partial charge in [0.1, 0.15) is 0 Å². The van der Waals surface area contributed by atoms with Crippen LogP contribution in [0.3, 0.4) is 0 Å². The molecule has 14 heteroatoms. The van der Waals surface area contributed by atoms with Crippen LogP contribution in [0.1, 0.15) is 47.2 Å². The summed E-state index contributed by atoms with van der Waals surface area (Å²) in [7, 11) is 0. The van der Waals surface area contributed by atoms with Gasteiger partial charge in [-0.1, -0.05) is 18.3 Å². The molecule has 2 fully saturated rings. The molecule has 1 aromatic carbocycles. The molecule has 0 unspecified atom stereocenters. The lowest BCUT2D eigenvalue weighted by Gasteiger charge is -2.48. The molecular weight excluding hydrogens is 538 g/mol. The van der Waals surface area contributed by atoms with E-state index in [1.54, 1.807) is 5.41 Å². The number of aliphatic hydroxyl groups is 1. The van der Waals surface area contributed by atoms with Gasteiger partial charge in [-0.2, -0.15) is 26.3 Å². The second-order valence-electron chi connectivity index (χ2n) is 9.29. The lowest BCUT2D eigenvalue weighted by atomic mass is 9.80. The maximum absolute atomic E-state index is 13.2. The molecule has 2 amide bonds. The summed E-state index contributed by atoms with van der Waals surface area (Å²) in [4.78, 5) is 27.3. The second kappa shape index (κ2) is 11.6. The summed E-state index contributed by atoms with van der Waals surface area (Å²) in [6, 6.07) is 0.510. The molecule has 3 rings (SSSR count). The Morgan fingerprint density at radius 2 is 1.79 bits per heavy atom. The molecule has 1 saturated carbocycles. The van der Waals surface area contributed by atoms with Gasteiger partial charge in [-0.05, 0) is 49.3 Å². The lowest BCUT2D eigenvalue weighted by molar-refractivity contribution is -0.141. The van der Waals surface area contributed by atoms with Crippen LogP contribution in [0.4, 0.5) is 26.3 Å². The Hall–Kier alpha value is -2.71. The van der Waals surface area contributed by atoms with Gasteiger partial charge in [0.15, 0.2) is 0 Å². The second-order valence-corrected chi connectivity index (χ2v) is 10.3. The van der Waals surface area contributed by atoms with E-state index in [-0.39, 0.29) is 30.3 Å². The number of carbonyl (C=O) groups excluding carboxylic acids is 2. The highest BCUT2D eigenvalue weighted by Gasteiger charge is 2.41. The van der Waals surface area contributed by atoms with Gasteiger partial charge in [-0.25, -0.2) is 0 Å². The zero-order valence-electron chi connectivity index (χ0n) is 20.2. The van der Waals surface area contributed by atoms with Gasteiger partial charge >= 0.3 is 12.4 Å². The van der Waals surface area contributed by atoms with Crippen molar-refractivity contribution in [1.82, 2.24) is 15.5 Å². The van der Waals surface area contributed by atoms with E-state index >= 15 is 0 Å². The molecule has 38 heavy (non-hydrogen) atoms. The molecule has 0 spiro atoms. The van der Waals surface area contributed by atoms with Gasteiger partial charge in [-0.15, -0.1) is 0 Å². The number of nitrogens with zero attached hydrogens (tertiary/aromatic N) is 1. The van der Waals surface area contributed by atoms with E-state index in [9.17, 15) is 41.0 Å². The summed E-state index contributed by atoms with van der Waals surface area (Å²) >= 11 is 1.28. The van der Waals surface area contributed by atoms with Gasteiger partial charge in [0.2, 0.25) is 5.91 Å². The minimum Gasteiger partial charge on any atom is -0.404 e. The molecule has 0 atom stereocenters. The fourth-order valence-corrected chi connectivity index (χ4v) is 5.21. The first-order valence-electron chi connectivity index (χ1n) is 11.7. The summed E-state index contributed by atoms with van der Waals surface area (Å²) < 4.78 is 78.5. The third kappa shape index (κ3) is 7.23. The van der Waals surface area contributed by atoms with Crippen molar-refractivity contribution in [3.8, 4) is 0 Å². The third-order valence-corrected chi connectivity index (χ3v) is 7.65. The molecule has 1 aromatic rings. The van der Waals surface area contributed by atoms with Crippen molar-refractivity contribution in [3.05, 3.63) is 58.0 Å². The summed E-state index contributed by atoms with van der Waals surface area (Å²) in [5.41, 5.74) is 0.185. The maximum atomic E-state index is 13.2. The van der Waals surface area contributed by atoms with Crippen LogP contribution in [0.25, 0.3) is 0 Å².